The topological polar surface area (TPSA) is 72.2 Å². The van der Waals surface area contributed by atoms with Crippen molar-refractivity contribution in [3.05, 3.63) is 35.7 Å². The molecular formula is C13H13N5OS2. The fraction of sp³-hybridized carbons (Fsp3) is 0.231. The fourth-order valence-corrected chi connectivity index (χ4v) is 3.58. The number of amides is 1. The number of carbonyl (C=O) groups excluding carboxylic acids is 1. The van der Waals surface area contributed by atoms with E-state index in [1.807, 2.05) is 32.0 Å². The number of aryl methyl sites for hydroxylation is 2. The van der Waals surface area contributed by atoms with Gasteiger partial charge in [-0.1, -0.05) is 41.3 Å². The lowest BCUT2D eigenvalue weighted by Gasteiger charge is -2.10. The molecule has 108 valence electrons. The van der Waals surface area contributed by atoms with Crippen LogP contribution >= 0.6 is 23.1 Å². The summed E-state index contributed by atoms with van der Waals surface area (Å²) in [7, 11) is 0. The first-order valence-corrected chi connectivity index (χ1v) is 8.09. The predicted octanol–water partition coefficient (Wildman–Crippen LogP) is 2.53. The van der Waals surface area contributed by atoms with Gasteiger partial charge in [-0.3, -0.25) is 4.79 Å². The molecule has 0 radical (unpaired) electrons. The molecule has 21 heavy (non-hydrogen) atoms. The summed E-state index contributed by atoms with van der Waals surface area (Å²) in [5, 5.41) is 14.9. The largest absolute Gasteiger partial charge is 0.325 e. The van der Waals surface area contributed by atoms with Crippen LogP contribution in [-0.2, 0) is 4.79 Å². The zero-order valence-electron chi connectivity index (χ0n) is 11.5. The van der Waals surface area contributed by atoms with Crippen LogP contribution in [0.1, 0.15) is 11.1 Å². The number of benzene rings is 1. The molecule has 2 heterocycles. The molecule has 3 rings (SSSR count). The molecular weight excluding hydrogens is 306 g/mol. The summed E-state index contributed by atoms with van der Waals surface area (Å²) in [5.74, 6) is 0.279. The third-order valence-electron chi connectivity index (χ3n) is 2.94. The van der Waals surface area contributed by atoms with E-state index in [9.17, 15) is 4.79 Å². The van der Waals surface area contributed by atoms with E-state index in [0.29, 0.717) is 5.75 Å². The van der Waals surface area contributed by atoms with Crippen LogP contribution < -0.4 is 5.32 Å². The molecule has 8 heteroatoms. The van der Waals surface area contributed by atoms with Crippen molar-refractivity contribution in [1.82, 2.24) is 19.8 Å². The fourth-order valence-electron chi connectivity index (χ4n) is 1.91. The molecule has 1 aromatic carbocycles. The van der Waals surface area contributed by atoms with Gasteiger partial charge >= 0.3 is 0 Å². The van der Waals surface area contributed by atoms with Crippen molar-refractivity contribution in [2.75, 3.05) is 11.1 Å². The molecule has 2 aromatic heterocycles. The van der Waals surface area contributed by atoms with Crippen molar-refractivity contribution in [3.63, 3.8) is 0 Å². The van der Waals surface area contributed by atoms with Crippen LogP contribution in [0.3, 0.4) is 0 Å². The standard InChI is InChI=1S/C13H13N5OS2/c1-8-4-3-5-9(2)11(8)15-10(19)6-20-13-17-18-7-14-16-12(18)21-13/h3-5,7H,6H2,1-2H3,(H,15,19). The zero-order valence-corrected chi connectivity index (χ0v) is 13.2. The van der Waals surface area contributed by atoms with Gasteiger partial charge in [-0.2, -0.15) is 4.52 Å². The highest BCUT2D eigenvalue weighted by Crippen LogP contribution is 2.24. The second-order valence-corrected chi connectivity index (χ2v) is 6.71. The maximum atomic E-state index is 12.1. The second kappa shape index (κ2) is 5.82. The van der Waals surface area contributed by atoms with E-state index >= 15 is 0 Å². The maximum absolute atomic E-state index is 12.1. The average molecular weight is 319 g/mol. The lowest BCUT2D eigenvalue weighted by molar-refractivity contribution is -0.113. The van der Waals surface area contributed by atoms with Crippen LogP contribution in [0.5, 0.6) is 0 Å². The summed E-state index contributed by atoms with van der Waals surface area (Å²) < 4.78 is 2.41. The van der Waals surface area contributed by atoms with E-state index in [2.05, 4.69) is 20.6 Å². The van der Waals surface area contributed by atoms with Crippen LogP contribution in [0.2, 0.25) is 0 Å². The molecule has 3 aromatic rings. The summed E-state index contributed by atoms with van der Waals surface area (Å²) in [5.41, 5.74) is 3.01. The Hall–Kier alpha value is -1.93. The van der Waals surface area contributed by atoms with Crippen LogP contribution in [0, 0.1) is 13.8 Å². The zero-order chi connectivity index (χ0) is 14.8. The molecule has 0 atom stereocenters. The first kappa shape index (κ1) is 14.0. The van der Waals surface area contributed by atoms with Crippen molar-refractivity contribution in [1.29, 1.82) is 0 Å². The summed E-state index contributed by atoms with van der Waals surface area (Å²) in [6.45, 7) is 3.97. The summed E-state index contributed by atoms with van der Waals surface area (Å²) in [6, 6.07) is 5.95. The van der Waals surface area contributed by atoms with Crippen LogP contribution in [0.4, 0.5) is 5.69 Å². The minimum atomic E-state index is -0.0386. The van der Waals surface area contributed by atoms with Gasteiger partial charge in [-0.05, 0) is 25.0 Å². The van der Waals surface area contributed by atoms with Gasteiger partial charge in [-0.25, -0.2) is 0 Å². The number of para-hydroxylation sites is 1. The molecule has 0 unspecified atom stereocenters. The van der Waals surface area contributed by atoms with Crippen molar-refractivity contribution in [2.24, 2.45) is 0 Å². The lowest BCUT2D eigenvalue weighted by atomic mass is 10.1. The quantitative estimate of drug-likeness (QED) is 0.748. The normalized spacial score (nSPS) is 11.0. The Morgan fingerprint density at radius 1 is 1.38 bits per heavy atom. The van der Waals surface area contributed by atoms with E-state index in [1.54, 1.807) is 10.8 Å². The number of thioether (sulfide) groups is 1. The first-order chi connectivity index (χ1) is 10.1. The number of nitrogens with one attached hydrogen (secondary N) is 1. The molecule has 0 bridgehead atoms. The van der Waals surface area contributed by atoms with Gasteiger partial charge in [0.25, 0.3) is 0 Å². The van der Waals surface area contributed by atoms with Gasteiger partial charge in [-0.15, -0.1) is 15.3 Å². The average Bonchev–Trinajstić information content (AvgIpc) is 3.01. The van der Waals surface area contributed by atoms with Crippen molar-refractivity contribution >= 4 is 39.7 Å². The van der Waals surface area contributed by atoms with E-state index in [0.717, 1.165) is 26.1 Å². The highest BCUT2D eigenvalue weighted by atomic mass is 32.2. The van der Waals surface area contributed by atoms with E-state index in [4.69, 9.17) is 0 Å². The summed E-state index contributed by atoms with van der Waals surface area (Å²) in [4.78, 5) is 12.8. The smallest absolute Gasteiger partial charge is 0.235 e. The molecule has 0 aliphatic heterocycles. The minimum absolute atomic E-state index is 0.0386. The van der Waals surface area contributed by atoms with Gasteiger partial charge in [0.1, 0.15) is 6.33 Å². The Morgan fingerprint density at radius 3 is 2.86 bits per heavy atom. The molecule has 0 aliphatic carbocycles. The second-order valence-electron chi connectivity index (χ2n) is 4.53. The number of hydrogen-bond acceptors (Lipinski definition) is 6. The molecule has 0 saturated carbocycles. The van der Waals surface area contributed by atoms with Crippen molar-refractivity contribution in [3.8, 4) is 0 Å². The summed E-state index contributed by atoms with van der Waals surface area (Å²) in [6.07, 6.45) is 1.55. The van der Waals surface area contributed by atoms with Gasteiger partial charge in [0.15, 0.2) is 4.34 Å². The minimum Gasteiger partial charge on any atom is -0.325 e. The third-order valence-corrected chi connectivity index (χ3v) is 4.99. The van der Waals surface area contributed by atoms with Crippen LogP contribution in [-0.4, -0.2) is 31.5 Å². The molecule has 1 amide bonds. The molecule has 0 fully saturated rings. The number of fused-ring (bicyclic) bond motifs is 1. The number of hydrogen-bond donors (Lipinski definition) is 1. The highest BCUT2D eigenvalue weighted by molar-refractivity contribution is 8.01. The highest BCUT2D eigenvalue weighted by Gasteiger charge is 2.11. The lowest BCUT2D eigenvalue weighted by Crippen LogP contribution is -2.15. The number of anilines is 1. The van der Waals surface area contributed by atoms with E-state index in [-0.39, 0.29) is 5.91 Å². The number of carbonyl (C=O) groups is 1. The van der Waals surface area contributed by atoms with Gasteiger partial charge in [0.2, 0.25) is 10.9 Å². The first-order valence-electron chi connectivity index (χ1n) is 6.29. The van der Waals surface area contributed by atoms with E-state index < -0.39 is 0 Å². The van der Waals surface area contributed by atoms with E-state index in [1.165, 1.54) is 23.1 Å². The Kier molecular flexibility index (Phi) is 3.89. The monoisotopic (exact) mass is 319 g/mol. The number of aromatic nitrogens is 4. The SMILES string of the molecule is Cc1cccc(C)c1NC(=O)CSc1nn2cnnc2s1. The number of nitrogens with zero attached hydrogens (tertiary/aromatic N) is 4. The van der Waals surface area contributed by atoms with Crippen molar-refractivity contribution < 1.29 is 4.79 Å². The summed E-state index contributed by atoms with van der Waals surface area (Å²) >= 11 is 2.82. The molecule has 6 nitrogen and oxygen atoms in total. The van der Waals surface area contributed by atoms with Gasteiger partial charge in [0, 0.05) is 5.69 Å². The molecule has 0 aliphatic rings. The third kappa shape index (κ3) is 3.06. The van der Waals surface area contributed by atoms with Crippen LogP contribution in [0.15, 0.2) is 28.9 Å². The predicted molar refractivity (Wildman–Crippen MR) is 83.9 cm³/mol. The van der Waals surface area contributed by atoms with Gasteiger partial charge < -0.3 is 5.32 Å². The van der Waals surface area contributed by atoms with Crippen LogP contribution in [0.25, 0.3) is 4.96 Å². The van der Waals surface area contributed by atoms with Gasteiger partial charge in [0.05, 0.1) is 5.75 Å². The Bertz CT molecular complexity index is 746. The Balaban J connectivity index is 1.63. The molecule has 1 N–H and O–H groups in total. The molecule has 0 saturated heterocycles. The number of rotatable bonds is 4. The Morgan fingerprint density at radius 2 is 2.14 bits per heavy atom. The molecule has 0 spiro atoms. The van der Waals surface area contributed by atoms with Crippen molar-refractivity contribution in [2.45, 2.75) is 18.2 Å². The Labute approximate surface area is 129 Å². The maximum Gasteiger partial charge on any atom is 0.235 e.